The maximum atomic E-state index is 5.84. The van der Waals surface area contributed by atoms with Crippen molar-refractivity contribution < 1.29 is 4.74 Å². The summed E-state index contributed by atoms with van der Waals surface area (Å²) in [6.07, 6.45) is 0. The van der Waals surface area contributed by atoms with Crippen LogP contribution in [-0.4, -0.2) is 4.98 Å². The first-order valence-corrected chi connectivity index (χ1v) is 7.08. The lowest BCUT2D eigenvalue weighted by Crippen LogP contribution is -1.95. The standard InChI is InChI=1S/C15H10BrClN2O/c16-11-3-1-10-8-12(4-2-9(10)7-11)20-15-13(18)5-6-14(17)19-15/h1-8H,18H2. The van der Waals surface area contributed by atoms with Crippen LogP contribution in [0.5, 0.6) is 11.6 Å². The number of rotatable bonds is 2. The molecule has 0 aliphatic rings. The monoisotopic (exact) mass is 348 g/mol. The Labute approximate surface area is 129 Å². The van der Waals surface area contributed by atoms with E-state index < -0.39 is 0 Å². The van der Waals surface area contributed by atoms with Gasteiger partial charge in [0.15, 0.2) is 0 Å². The van der Waals surface area contributed by atoms with Gasteiger partial charge in [0.25, 0.3) is 0 Å². The number of anilines is 1. The van der Waals surface area contributed by atoms with Gasteiger partial charge in [0, 0.05) is 4.47 Å². The second kappa shape index (κ2) is 5.31. The molecule has 2 N–H and O–H groups in total. The number of ether oxygens (including phenoxy) is 1. The fourth-order valence-electron chi connectivity index (χ4n) is 1.88. The maximum absolute atomic E-state index is 5.84. The van der Waals surface area contributed by atoms with Gasteiger partial charge in [-0.1, -0.05) is 39.7 Å². The minimum atomic E-state index is 0.314. The lowest BCUT2D eigenvalue weighted by Gasteiger charge is -2.08. The summed E-state index contributed by atoms with van der Waals surface area (Å²) in [5.41, 5.74) is 6.27. The number of nitrogens with two attached hydrogens (primary N) is 1. The number of hydrogen-bond acceptors (Lipinski definition) is 3. The summed E-state index contributed by atoms with van der Waals surface area (Å²) in [6, 6.07) is 15.1. The zero-order chi connectivity index (χ0) is 14.1. The topological polar surface area (TPSA) is 48.1 Å². The highest BCUT2D eigenvalue weighted by Gasteiger charge is 2.06. The van der Waals surface area contributed by atoms with Crippen LogP contribution >= 0.6 is 27.5 Å². The zero-order valence-electron chi connectivity index (χ0n) is 10.3. The van der Waals surface area contributed by atoms with E-state index in [-0.39, 0.29) is 0 Å². The summed E-state index contributed by atoms with van der Waals surface area (Å²) in [5, 5.41) is 2.55. The molecule has 0 fully saturated rings. The van der Waals surface area contributed by atoms with E-state index in [9.17, 15) is 0 Å². The molecule has 0 unspecified atom stereocenters. The van der Waals surface area contributed by atoms with Crippen LogP contribution in [0.3, 0.4) is 0 Å². The maximum Gasteiger partial charge on any atom is 0.244 e. The minimum Gasteiger partial charge on any atom is -0.437 e. The first-order chi connectivity index (χ1) is 9.61. The lowest BCUT2D eigenvalue weighted by molar-refractivity contribution is 0.466. The molecule has 0 saturated heterocycles. The molecule has 1 aromatic heterocycles. The summed E-state index contributed by atoms with van der Waals surface area (Å²) in [4.78, 5) is 4.07. The molecule has 0 radical (unpaired) electrons. The van der Waals surface area contributed by atoms with Gasteiger partial charge in [-0.3, -0.25) is 0 Å². The quantitative estimate of drug-likeness (QED) is 0.660. The van der Waals surface area contributed by atoms with Gasteiger partial charge in [-0.25, -0.2) is 0 Å². The highest BCUT2D eigenvalue weighted by atomic mass is 79.9. The predicted molar refractivity (Wildman–Crippen MR) is 85.4 cm³/mol. The van der Waals surface area contributed by atoms with Crippen LogP contribution in [0.4, 0.5) is 5.69 Å². The molecule has 3 rings (SSSR count). The van der Waals surface area contributed by atoms with Gasteiger partial charge in [-0.15, -0.1) is 0 Å². The Morgan fingerprint density at radius 2 is 1.75 bits per heavy atom. The van der Waals surface area contributed by atoms with Crippen molar-refractivity contribution in [1.29, 1.82) is 0 Å². The minimum absolute atomic E-state index is 0.314. The van der Waals surface area contributed by atoms with Gasteiger partial charge in [-0.05, 0) is 47.2 Å². The number of benzene rings is 2. The summed E-state index contributed by atoms with van der Waals surface area (Å²) in [7, 11) is 0. The molecule has 5 heteroatoms. The Kier molecular flexibility index (Phi) is 3.51. The lowest BCUT2D eigenvalue weighted by atomic mass is 10.1. The van der Waals surface area contributed by atoms with Crippen LogP contribution in [0.15, 0.2) is 53.0 Å². The van der Waals surface area contributed by atoms with Gasteiger partial charge in [0.05, 0.1) is 5.69 Å². The third kappa shape index (κ3) is 2.71. The van der Waals surface area contributed by atoms with Crippen molar-refractivity contribution in [3.63, 3.8) is 0 Å². The highest BCUT2D eigenvalue weighted by molar-refractivity contribution is 9.10. The van der Waals surface area contributed by atoms with Crippen molar-refractivity contribution in [2.75, 3.05) is 5.73 Å². The van der Waals surface area contributed by atoms with E-state index in [1.807, 2.05) is 36.4 Å². The van der Waals surface area contributed by atoms with Gasteiger partial charge in [-0.2, -0.15) is 4.98 Å². The molecular weight excluding hydrogens is 340 g/mol. The first kappa shape index (κ1) is 13.2. The van der Waals surface area contributed by atoms with Crippen molar-refractivity contribution in [2.24, 2.45) is 0 Å². The fourth-order valence-corrected chi connectivity index (χ4v) is 2.40. The molecule has 0 atom stereocenters. The van der Waals surface area contributed by atoms with Crippen LogP contribution in [0.1, 0.15) is 0 Å². The number of nitrogens with zero attached hydrogens (tertiary/aromatic N) is 1. The first-order valence-electron chi connectivity index (χ1n) is 5.91. The smallest absolute Gasteiger partial charge is 0.244 e. The predicted octanol–water partition coefficient (Wildman–Crippen LogP) is 5.03. The van der Waals surface area contributed by atoms with Crippen molar-refractivity contribution in [3.05, 3.63) is 58.2 Å². The Hall–Kier alpha value is -1.78. The van der Waals surface area contributed by atoms with E-state index in [2.05, 4.69) is 20.9 Å². The highest BCUT2D eigenvalue weighted by Crippen LogP contribution is 2.29. The van der Waals surface area contributed by atoms with Crippen LogP contribution in [0.2, 0.25) is 5.15 Å². The molecule has 20 heavy (non-hydrogen) atoms. The third-order valence-electron chi connectivity index (χ3n) is 2.84. The number of nitrogen functional groups attached to an aromatic ring is 1. The molecule has 0 spiro atoms. The molecule has 0 bridgehead atoms. The Morgan fingerprint density at radius 1 is 1.00 bits per heavy atom. The van der Waals surface area contributed by atoms with E-state index >= 15 is 0 Å². The fraction of sp³-hybridized carbons (Fsp3) is 0. The zero-order valence-corrected chi connectivity index (χ0v) is 12.6. The second-order valence-electron chi connectivity index (χ2n) is 4.28. The van der Waals surface area contributed by atoms with Crippen molar-refractivity contribution in [3.8, 4) is 11.6 Å². The molecular formula is C15H10BrClN2O. The van der Waals surface area contributed by atoms with Gasteiger partial charge >= 0.3 is 0 Å². The van der Waals surface area contributed by atoms with E-state index in [0.29, 0.717) is 22.5 Å². The van der Waals surface area contributed by atoms with E-state index in [4.69, 9.17) is 22.1 Å². The summed E-state index contributed by atoms with van der Waals surface area (Å²) in [6.45, 7) is 0. The molecule has 0 aliphatic heterocycles. The van der Waals surface area contributed by atoms with Crippen LogP contribution in [-0.2, 0) is 0 Å². The van der Waals surface area contributed by atoms with Crippen LogP contribution < -0.4 is 10.5 Å². The average molecular weight is 350 g/mol. The van der Waals surface area contributed by atoms with E-state index in [1.54, 1.807) is 12.1 Å². The van der Waals surface area contributed by atoms with Crippen molar-refractivity contribution >= 4 is 44.0 Å². The van der Waals surface area contributed by atoms with Gasteiger partial charge in [0.1, 0.15) is 10.9 Å². The average Bonchev–Trinajstić information content (AvgIpc) is 2.43. The molecule has 3 aromatic rings. The molecule has 1 heterocycles. The molecule has 3 nitrogen and oxygen atoms in total. The number of halogens is 2. The van der Waals surface area contributed by atoms with Gasteiger partial charge < -0.3 is 10.5 Å². The number of pyridine rings is 1. The Balaban J connectivity index is 1.98. The molecule has 0 amide bonds. The normalized spacial score (nSPS) is 10.7. The third-order valence-corrected chi connectivity index (χ3v) is 3.55. The van der Waals surface area contributed by atoms with Gasteiger partial charge in [0.2, 0.25) is 5.88 Å². The molecule has 2 aromatic carbocycles. The van der Waals surface area contributed by atoms with E-state index in [1.165, 1.54) is 0 Å². The Morgan fingerprint density at radius 3 is 2.60 bits per heavy atom. The summed E-state index contributed by atoms with van der Waals surface area (Å²) >= 11 is 9.29. The van der Waals surface area contributed by atoms with E-state index in [0.717, 1.165) is 15.2 Å². The molecule has 0 aliphatic carbocycles. The number of aromatic nitrogens is 1. The largest absolute Gasteiger partial charge is 0.437 e. The number of hydrogen-bond donors (Lipinski definition) is 1. The summed E-state index contributed by atoms with van der Waals surface area (Å²) < 4.78 is 6.74. The second-order valence-corrected chi connectivity index (χ2v) is 5.59. The Bertz CT molecular complexity index is 792. The van der Waals surface area contributed by atoms with Crippen LogP contribution in [0.25, 0.3) is 10.8 Å². The van der Waals surface area contributed by atoms with Crippen molar-refractivity contribution in [2.45, 2.75) is 0 Å². The van der Waals surface area contributed by atoms with Crippen molar-refractivity contribution in [1.82, 2.24) is 4.98 Å². The van der Waals surface area contributed by atoms with Crippen LogP contribution in [0, 0.1) is 0 Å². The summed E-state index contributed by atoms with van der Waals surface area (Å²) in [5.74, 6) is 0.982. The SMILES string of the molecule is Nc1ccc(Cl)nc1Oc1ccc2cc(Br)ccc2c1. The molecule has 100 valence electrons. The molecule has 0 saturated carbocycles. The number of fused-ring (bicyclic) bond motifs is 1.